The van der Waals surface area contributed by atoms with Gasteiger partial charge in [-0.25, -0.2) is 9.97 Å². The molecule has 0 unspecified atom stereocenters. The van der Waals surface area contributed by atoms with Crippen LogP contribution in [0.15, 0.2) is 70.8 Å². The highest BCUT2D eigenvalue weighted by molar-refractivity contribution is 5.86. The first kappa shape index (κ1) is 19.7. The molecule has 2 fully saturated rings. The Labute approximate surface area is 189 Å². The summed E-state index contributed by atoms with van der Waals surface area (Å²) in [4.78, 5) is 26.6. The molecule has 9 heteroatoms. The Kier molecular flexibility index (Phi) is 4.67. The van der Waals surface area contributed by atoms with E-state index in [-0.39, 0.29) is 12.1 Å². The van der Waals surface area contributed by atoms with E-state index in [0.29, 0.717) is 17.1 Å². The second-order valence-electron chi connectivity index (χ2n) is 8.73. The fourth-order valence-electron chi connectivity index (χ4n) is 4.58. The van der Waals surface area contributed by atoms with Crippen molar-refractivity contribution in [2.24, 2.45) is 18.9 Å². The number of rotatable bonds is 3. The third kappa shape index (κ3) is 3.75. The van der Waals surface area contributed by atoms with Crippen LogP contribution in [0.25, 0.3) is 21.9 Å². The van der Waals surface area contributed by atoms with Gasteiger partial charge in [0.2, 0.25) is 5.89 Å². The van der Waals surface area contributed by atoms with E-state index in [4.69, 9.17) is 4.52 Å². The van der Waals surface area contributed by atoms with Crippen LogP contribution in [0, 0.1) is 11.8 Å². The van der Waals surface area contributed by atoms with Crippen LogP contribution < -0.4 is 10.5 Å². The Balaban J connectivity index is 0.000000125. The number of hydrogen-bond donors (Lipinski definition) is 0. The van der Waals surface area contributed by atoms with E-state index in [2.05, 4.69) is 67.5 Å². The summed E-state index contributed by atoms with van der Waals surface area (Å²) in [5.41, 5.74) is 2.10. The van der Waals surface area contributed by atoms with Gasteiger partial charge in [0.25, 0.3) is 5.56 Å². The molecule has 2 aromatic carbocycles. The molecule has 5 aromatic rings. The number of imidazole rings is 1. The van der Waals surface area contributed by atoms with E-state index in [9.17, 15) is 4.79 Å². The number of hydrogen-bond acceptors (Lipinski definition) is 7. The van der Waals surface area contributed by atoms with Crippen molar-refractivity contribution in [1.82, 2.24) is 29.2 Å². The van der Waals surface area contributed by atoms with Crippen molar-refractivity contribution >= 4 is 27.6 Å². The van der Waals surface area contributed by atoms with Gasteiger partial charge in [0.1, 0.15) is 12.9 Å². The Morgan fingerprint density at radius 2 is 1.79 bits per heavy atom. The third-order valence-corrected chi connectivity index (χ3v) is 6.49. The Bertz CT molecular complexity index is 1480. The van der Waals surface area contributed by atoms with Gasteiger partial charge in [-0.15, -0.1) is 0 Å². The van der Waals surface area contributed by atoms with Crippen LogP contribution in [-0.2, 0) is 13.6 Å². The molecule has 1 saturated heterocycles. The fraction of sp³-hybridized carbons (Fsp3) is 0.292. The third-order valence-electron chi connectivity index (χ3n) is 6.49. The lowest BCUT2D eigenvalue weighted by Gasteiger charge is -2.20. The molecule has 1 aliphatic carbocycles. The van der Waals surface area contributed by atoms with Crippen molar-refractivity contribution in [2.75, 3.05) is 18.0 Å². The highest BCUT2D eigenvalue weighted by atomic mass is 16.5. The summed E-state index contributed by atoms with van der Waals surface area (Å²) in [6.45, 7) is 2.76. The minimum atomic E-state index is -0.187. The van der Waals surface area contributed by atoms with Gasteiger partial charge in [0.05, 0.1) is 6.33 Å². The smallest absolute Gasteiger partial charge is 0.280 e. The normalized spacial score (nSPS) is 18.9. The van der Waals surface area contributed by atoms with Crippen LogP contribution in [0.1, 0.15) is 12.3 Å². The molecular weight excluding hydrogens is 418 g/mol. The maximum Gasteiger partial charge on any atom is 0.280 e. The van der Waals surface area contributed by atoms with Gasteiger partial charge in [-0.2, -0.15) is 4.98 Å². The number of nitrogens with zero attached hydrogens (tertiary/aromatic N) is 7. The molecule has 0 amide bonds. The number of aromatic nitrogens is 6. The van der Waals surface area contributed by atoms with Gasteiger partial charge in [-0.05, 0) is 41.2 Å². The molecule has 0 N–H and O–H groups in total. The number of piperidine rings is 1. The summed E-state index contributed by atoms with van der Waals surface area (Å²) >= 11 is 0. The van der Waals surface area contributed by atoms with Crippen molar-refractivity contribution in [3.05, 3.63) is 77.7 Å². The first-order valence-electron chi connectivity index (χ1n) is 11.0. The van der Waals surface area contributed by atoms with E-state index in [0.717, 1.165) is 11.8 Å². The molecule has 166 valence electrons. The molecule has 0 radical (unpaired) electrons. The SMILES string of the molecule is Cn1cnc2ncn(Cc3ncno3)c(=O)c21.c1ccc2cc(N3C[C@H]4C[C@H]4C3)ccc2c1. The predicted molar refractivity (Wildman–Crippen MR) is 124 cm³/mol. The molecule has 7 rings (SSSR count). The maximum atomic E-state index is 12.1. The Morgan fingerprint density at radius 1 is 1.00 bits per heavy atom. The number of aryl methyl sites for hydroxylation is 1. The van der Waals surface area contributed by atoms with Crippen LogP contribution in [0.5, 0.6) is 0 Å². The van der Waals surface area contributed by atoms with E-state index in [1.807, 2.05) is 0 Å². The number of fused-ring (bicyclic) bond motifs is 3. The topological polar surface area (TPSA) is 94.9 Å². The van der Waals surface area contributed by atoms with Gasteiger partial charge >= 0.3 is 0 Å². The summed E-state index contributed by atoms with van der Waals surface area (Å²) in [5.74, 6) is 2.37. The molecule has 2 aliphatic rings. The van der Waals surface area contributed by atoms with E-state index >= 15 is 0 Å². The highest BCUT2D eigenvalue weighted by Gasteiger charge is 2.45. The van der Waals surface area contributed by atoms with Gasteiger partial charge in [0, 0.05) is 25.8 Å². The molecular formula is C24H23N7O2. The predicted octanol–water partition coefficient (Wildman–Crippen LogP) is 2.86. The second-order valence-corrected chi connectivity index (χ2v) is 8.73. The molecule has 1 aliphatic heterocycles. The summed E-state index contributed by atoms with van der Waals surface area (Å²) in [6, 6.07) is 15.5. The first-order chi connectivity index (χ1) is 16.2. The molecule has 4 heterocycles. The monoisotopic (exact) mass is 441 g/mol. The zero-order valence-electron chi connectivity index (χ0n) is 18.2. The van der Waals surface area contributed by atoms with Crippen LogP contribution in [0.3, 0.4) is 0 Å². The summed E-state index contributed by atoms with van der Waals surface area (Å²) in [5, 5.41) is 6.18. The average molecular weight is 441 g/mol. The molecule has 0 bridgehead atoms. The van der Waals surface area contributed by atoms with Gasteiger partial charge in [-0.1, -0.05) is 35.5 Å². The Morgan fingerprint density at radius 3 is 2.58 bits per heavy atom. The fourth-order valence-corrected chi connectivity index (χ4v) is 4.58. The molecule has 3 aromatic heterocycles. The summed E-state index contributed by atoms with van der Waals surface area (Å²) in [7, 11) is 1.75. The molecule has 2 atom stereocenters. The zero-order valence-corrected chi connectivity index (χ0v) is 18.2. The first-order valence-corrected chi connectivity index (χ1v) is 11.0. The van der Waals surface area contributed by atoms with Gasteiger partial charge in [-0.3, -0.25) is 9.36 Å². The van der Waals surface area contributed by atoms with Crippen molar-refractivity contribution in [2.45, 2.75) is 13.0 Å². The zero-order chi connectivity index (χ0) is 22.4. The average Bonchev–Trinajstić information content (AvgIpc) is 3.22. The van der Waals surface area contributed by atoms with Gasteiger partial charge in [0.15, 0.2) is 17.5 Å². The lowest BCUT2D eigenvalue weighted by Crippen LogP contribution is -2.22. The lowest BCUT2D eigenvalue weighted by atomic mass is 10.1. The van der Waals surface area contributed by atoms with Crippen molar-refractivity contribution in [1.29, 1.82) is 0 Å². The minimum Gasteiger partial charge on any atom is -0.371 e. The number of benzene rings is 2. The van der Waals surface area contributed by atoms with E-state index in [1.54, 1.807) is 17.9 Å². The summed E-state index contributed by atoms with van der Waals surface area (Å²) in [6.07, 6.45) is 5.73. The lowest BCUT2D eigenvalue weighted by molar-refractivity contribution is 0.368. The van der Waals surface area contributed by atoms with Crippen molar-refractivity contribution in [3.63, 3.8) is 0 Å². The molecule has 1 saturated carbocycles. The quantitative estimate of drug-likeness (QED) is 0.425. The van der Waals surface area contributed by atoms with Gasteiger partial charge < -0.3 is 14.0 Å². The molecule has 0 spiro atoms. The standard InChI is InChI=1S/C15H15N.C9H8N6O2/c1-2-4-12-8-15(6-5-11(12)3-1)16-9-13-7-14(13)10-16;1-14-4-11-8-7(14)9(16)15(5-12-8)2-6-10-3-13-17-6/h1-6,8,13-14H,7,9-10H2;3-5H,2H2,1H3/t13-,14+;. The largest absolute Gasteiger partial charge is 0.371 e. The highest BCUT2D eigenvalue weighted by Crippen LogP contribution is 2.46. The van der Waals surface area contributed by atoms with Crippen LogP contribution in [0.2, 0.25) is 0 Å². The minimum absolute atomic E-state index is 0.187. The number of anilines is 1. The van der Waals surface area contributed by atoms with Crippen molar-refractivity contribution < 1.29 is 4.52 Å². The van der Waals surface area contributed by atoms with Crippen molar-refractivity contribution in [3.8, 4) is 0 Å². The molecule has 33 heavy (non-hydrogen) atoms. The second kappa shape index (κ2) is 7.84. The van der Waals surface area contributed by atoms with E-state index < -0.39 is 0 Å². The summed E-state index contributed by atoms with van der Waals surface area (Å²) < 4.78 is 7.88. The Hall–Kier alpha value is -4.01. The van der Waals surface area contributed by atoms with E-state index in [1.165, 1.54) is 53.2 Å². The van der Waals surface area contributed by atoms with Crippen LogP contribution >= 0.6 is 0 Å². The molecule has 9 nitrogen and oxygen atoms in total. The maximum absolute atomic E-state index is 12.1. The van der Waals surface area contributed by atoms with Crippen LogP contribution in [-0.4, -0.2) is 42.3 Å². The van der Waals surface area contributed by atoms with Crippen LogP contribution in [0.4, 0.5) is 5.69 Å².